The van der Waals surface area contributed by atoms with Gasteiger partial charge in [0.2, 0.25) is 0 Å². The molecule has 0 radical (unpaired) electrons. The van der Waals surface area contributed by atoms with Crippen LogP contribution < -0.4 is 0 Å². The quantitative estimate of drug-likeness (QED) is 0.410. The molecule has 0 nitrogen and oxygen atoms in total. The lowest BCUT2D eigenvalue weighted by Gasteiger charge is -1.68. The molecular weight excluding hydrogens is 120 g/mol. The fourth-order valence-electron chi connectivity index (χ4n) is 0.461. The van der Waals surface area contributed by atoms with Gasteiger partial charge in [-0.2, -0.15) is 0 Å². The SMILES string of the molecule is CCC=C=C=CC=CCC. The van der Waals surface area contributed by atoms with Gasteiger partial charge in [0.25, 0.3) is 0 Å². The van der Waals surface area contributed by atoms with Crippen LogP contribution in [0.4, 0.5) is 0 Å². The van der Waals surface area contributed by atoms with Gasteiger partial charge in [-0.1, -0.05) is 37.5 Å². The molecule has 0 fully saturated rings. The highest BCUT2D eigenvalue weighted by molar-refractivity contribution is 5.01. The van der Waals surface area contributed by atoms with Crippen LogP contribution in [-0.4, -0.2) is 0 Å². The Labute approximate surface area is 63.3 Å². The van der Waals surface area contributed by atoms with Crippen LogP contribution in [0, 0.1) is 0 Å². The molecule has 0 rings (SSSR count). The van der Waals surface area contributed by atoms with Crippen LogP contribution in [0.5, 0.6) is 0 Å². The summed E-state index contributed by atoms with van der Waals surface area (Å²) in [5.74, 6) is 0. The van der Waals surface area contributed by atoms with Gasteiger partial charge in [-0.05, 0) is 25.0 Å². The van der Waals surface area contributed by atoms with Crippen LogP contribution in [0.3, 0.4) is 0 Å². The Kier molecular flexibility index (Phi) is 7.27. The molecule has 0 unspecified atom stereocenters. The second-order valence-corrected chi connectivity index (χ2v) is 1.90. The number of hydrogen-bond donors (Lipinski definition) is 0. The van der Waals surface area contributed by atoms with E-state index in [1.807, 2.05) is 18.2 Å². The van der Waals surface area contributed by atoms with Gasteiger partial charge >= 0.3 is 0 Å². The predicted octanol–water partition coefficient (Wildman–Crippen LogP) is 3.23. The van der Waals surface area contributed by atoms with Crippen LogP contribution in [0.25, 0.3) is 0 Å². The molecule has 0 saturated heterocycles. The van der Waals surface area contributed by atoms with E-state index in [1.165, 1.54) is 0 Å². The first-order valence-electron chi connectivity index (χ1n) is 3.72. The maximum atomic E-state index is 2.91. The van der Waals surface area contributed by atoms with Crippen molar-refractivity contribution in [2.24, 2.45) is 0 Å². The molecule has 0 spiro atoms. The van der Waals surface area contributed by atoms with Crippen molar-refractivity contribution in [1.29, 1.82) is 0 Å². The molecule has 0 heterocycles. The highest BCUT2D eigenvalue weighted by Gasteiger charge is 1.59. The first-order valence-corrected chi connectivity index (χ1v) is 3.72. The average Bonchev–Trinajstić information content (AvgIpc) is 1.97. The van der Waals surface area contributed by atoms with E-state index in [0.29, 0.717) is 0 Å². The largest absolute Gasteiger partial charge is 0.0842 e. The van der Waals surface area contributed by atoms with Crippen molar-refractivity contribution in [3.63, 3.8) is 0 Å². The smallest absolute Gasteiger partial charge is 0.0119 e. The zero-order valence-corrected chi connectivity index (χ0v) is 6.72. The molecule has 10 heavy (non-hydrogen) atoms. The van der Waals surface area contributed by atoms with E-state index in [-0.39, 0.29) is 0 Å². The monoisotopic (exact) mass is 134 g/mol. The molecule has 0 aromatic heterocycles. The van der Waals surface area contributed by atoms with Gasteiger partial charge in [-0.3, -0.25) is 0 Å². The maximum Gasteiger partial charge on any atom is -0.0119 e. The van der Waals surface area contributed by atoms with Crippen molar-refractivity contribution >= 4 is 0 Å². The molecule has 54 valence electrons. The van der Waals surface area contributed by atoms with Gasteiger partial charge < -0.3 is 0 Å². The topological polar surface area (TPSA) is 0 Å². The Morgan fingerprint density at radius 2 is 1.90 bits per heavy atom. The predicted molar refractivity (Wildman–Crippen MR) is 45.9 cm³/mol. The van der Waals surface area contributed by atoms with E-state index in [4.69, 9.17) is 0 Å². The fraction of sp³-hybridized carbons (Fsp3) is 0.400. The second-order valence-electron chi connectivity index (χ2n) is 1.90. The molecule has 0 aliphatic rings. The highest BCUT2D eigenvalue weighted by Crippen LogP contribution is 1.79. The molecule has 0 atom stereocenters. The molecule has 0 amide bonds. The summed E-state index contributed by atoms with van der Waals surface area (Å²) in [6, 6.07) is 0. The standard InChI is InChI=1S/C10H14/c1-3-5-7-9-10-8-6-4-2/h5-7,9H,3-4H2,1-2H3. The van der Waals surface area contributed by atoms with Gasteiger partial charge in [0.1, 0.15) is 0 Å². The Morgan fingerprint density at radius 3 is 2.50 bits per heavy atom. The van der Waals surface area contributed by atoms with Crippen molar-refractivity contribution < 1.29 is 0 Å². The van der Waals surface area contributed by atoms with Crippen LogP contribution in [-0.2, 0) is 0 Å². The first-order chi connectivity index (χ1) is 4.91. The second kappa shape index (κ2) is 8.04. The molecule has 0 aromatic carbocycles. The van der Waals surface area contributed by atoms with Gasteiger partial charge in [0, 0.05) is 0 Å². The Bertz CT molecular complexity index is 172. The van der Waals surface area contributed by atoms with Gasteiger partial charge in [0.15, 0.2) is 0 Å². The van der Waals surface area contributed by atoms with E-state index in [1.54, 1.807) is 0 Å². The van der Waals surface area contributed by atoms with Crippen LogP contribution in [0.2, 0.25) is 0 Å². The van der Waals surface area contributed by atoms with Gasteiger partial charge in [-0.25, -0.2) is 0 Å². The fourth-order valence-corrected chi connectivity index (χ4v) is 0.461. The Morgan fingerprint density at radius 1 is 1.10 bits per heavy atom. The third kappa shape index (κ3) is 7.04. The van der Waals surface area contributed by atoms with E-state index in [0.717, 1.165) is 12.8 Å². The van der Waals surface area contributed by atoms with Crippen molar-refractivity contribution in [2.75, 3.05) is 0 Å². The summed E-state index contributed by atoms with van der Waals surface area (Å²) in [4.78, 5) is 0. The molecule has 0 aliphatic carbocycles. The van der Waals surface area contributed by atoms with E-state index in [2.05, 4.69) is 31.4 Å². The lowest BCUT2D eigenvalue weighted by atomic mass is 10.4. The number of hydrogen-bond acceptors (Lipinski definition) is 0. The first kappa shape index (κ1) is 9.04. The lowest BCUT2D eigenvalue weighted by Crippen LogP contribution is -1.48. The van der Waals surface area contributed by atoms with Crippen molar-refractivity contribution in [1.82, 2.24) is 0 Å². The van der Waals surface area contributed by atoms with Crippen LogP contribution >= 0.6 is 0 Å². The molecular formula is C10H14. The summed E-state index contributed by atoms with van der Waals surface area (Å²) in [5.41, 5.74) is 5.82. The minimum atomic E-state index is 1.03. The number of allylic oxidation sites excluding steroid dienone is 4. The Balaban J connectivity index is 3.75. The summed E-state index contributed by atoms with van der Waals surface area (Å²) >= 11 is 0. The highest BCUT2D eigenvalue weighted by atomic mass is 13.6. The minimum Gasteiger partial charge on any atom is -0.0842 e. The summed E-state index contributed by atoms with van der Waals surface area (Å²) in [7, 11) is 0. The summed E-state index contributed by atoms with van der Waals surface area (Å²) < 4.78 is 0. The van der Waals surface area contributed by atoms with Gasteiger partial charge in [-0.15, -0.1) is 0 Å². The summed E-state index contributed by atoms with van der Waals surface area (Å²) in [5, 5.41) is 0. The molecule has 0 aliphatic heterocycles. The minimum absolute atomic E-state index is 1.03. The molecule has 0 bridgehead atoms. The van der Waals surface area contributed by atoms with Crippen LogP contribution in [0.1, 0.15) is 26.7 Å². The Hall–Kier alpha value is -0.960. The van der Waals surface area contributed by atoms with E-state index >= 15 is 0 Å². The summed E-state index contributed by atoms with van der Waals surface area (Å²) in [6.45, 7) is 4.19. The van der Waals surface area contributed by atoms with Gasteiger partial charge in [0.05, 0.1) is 0 Å². The van der Waals surface area contributed by atoms with Crippen molar-refractivity contribution in [3.8, 4) is 0 Å². The number of rotatable bonds is 3. The van der Waals surface area contributed by atoms with E-state index < -0.39 is 0 Å². The zero-order chi connectivity index (χ0) is 7.66. The van der Waals surface area contributed by atoms with Crippen molar-refractivity contribution in [3.05, 3.63) is 35.8 Å². The molecule has 0 heteroatoms. The average molecular weight is 134 g/mol. The zero-order valence-electron chi connectivity index (χ0n) is 6.72. The maximum absolute atomic E-state index is 2.91. The molecule has 0 N–H and O–H groups in total. The molecule has 0 saturated carbocycles. The normalized spacial score (nSPS) is 8.60. The van der Waals surface area contributed by atoms with E-state index in [9.17, 15) is 0 Å². The lowest BCUT2D eigenvalue weighted by molar-refractivity contribution is 1.22. The molecule has 0 aromatic rings. The third-order valence-electron chi connectivity index (χ3n) is 0.941. The van der Waals surface area contributed by atoms with Crippen molar-refractivity contribution in [2.45, 2.75) is 26.7 Å². The van der Waals surface area contributed by atoms with Crippen LogP contribution in [0.15, 0.2) is 35.8 Å². The summed E-state index contributed by atoms with van der Waals surface area (Å²) in [6.07, 6.45) is 10.00. The third-order valence-corrected chi connectivity index (χ3v) is 0.941.